The van der Waals surface area contributed by atoms with E-state index in [1.165, 1.54) is 55.6 Å². The van der Waals surface area contributed by atoms with E-state index in [0.29, 0.717) is 0 Å². The van der Waals surface area contributed by atoms with E-state index in [1.54, 1.807) is 0 Å². The second-order valence-electron chi connectivity index (χ2n) is 7.82. The van der Waals surface area contributed by atoms with Gasteiger partial charge in [0.05, 0.1) is 0 Å². The van der Waals surface area contributed by atoms with E-state index in [0.717, 1.165) is 6.42 Å². The molecule has 0 amide bonds. The van der Waals surface area contributed by atoms with Crippen LogP contribution in [0.25, 0.3) is 11.1 Å². The summed E-state index contributed by atoms with van der Waals surface area (Å²) in [5.41, 5.74) is 13.8. The van der Waals surface area contributed by atoms with Crippen molar-refractivity contribution in [1.29, 1.82) is 0 Å². The molecule has 0 unspecified atom stereocenters. The first kappa shape index (κ1) is 21.0. The lowest BCUT2D eigenvalue weighted by Gasteiger charge is -2.13. The first-order valence-electron chi connectivity index (χ1n) is 9.94. The van der Waals surface area contributed by atoms with Gasteiger partial charge in [-0.15, -0.1) is 0 Å². The monoisotopic (exact) mass is 358 g/mol. The molecule has 0 aromatic heterocycles. The van der Waals surface area contributed by atoms with E-state index in [2.05, 4.69) is 104 Å². The van der Waals surface area contributed by atoms with Crippen LogP contribution in [0.2, 0.25) is 0 Å². The molecule has 3 rings (SSSR count). The fraction of sp³-hybridized carbons (Fsp3) is 0.333. The summed E-state index contributed by atoms with van der Waals surface area (Å²) in [4.78, 5) is 0. The smallest absolute Gasteiger partial charge is 0.0178 e. The third kappa shape index (κ3) is 5.32. The van der Waals surface area contributed by atoms with Crippen molar-refractivity contribution in [2.24, 2.45) is 0 Å². The summed E-state index contributed by atoms with van der Waals surface area (Å²) < 4.78 is 0. The summed E-state index contributed by atoms with van der Waals surface area (Å²) in [6, 6.07) is 17.8. The lowest BCUT2D eigenvalue weighted by molar-refractivity contribution is 1.09. The van der Waals surface area contributed by atoms with Crippen LogP contribution in [0.5, 0.6) is 0 Å². The zero-order valence-corrected chi connectivity index (χ0v) is 18.3. The molecule has 0 aliphatic heterocycles. The van der Waals surface area contributed by atoms with E-state index in [1.807, 2.05) is 0 Å². The van der Waals surface area contributed by atoms with E-state index in [9.17, 15) is 0 Å². The molecule has 3 aromatic rings. The van der Waals surface area contributed by atoms with Crippen molar-refractivity contribution in [3.05, 3.63) is 93.0 Å². The van der Waals surface area contributed by atoms with E-state index in [-0.39, 0.29) is 0 Å². The minimum atomic E-state index is 1.10. The molecule has 3 aromatic carbocycles. The first-order chi connectivity index (χ1) is 12.7. The molecular formula is C27H34. The quantitative estimate of drug-likeness (QED) is 0.439. The SMILES string of the molecule is CCc1cc(-c2cc(C)c(C)c(C)c2)cc(C)c1C.Cc1ccc(C)cc1. The van der Waals surface area contributed by atoms with Crippen molar-refractivity contribution in [2.45, 2.75) is 61.8 Å². The normalized spacial score (nSPS) is 10.4. The lowest BCUT2D eigenvalue weighted by Crippen LogP contribution is -1.94. The number of rotatable bonds is 2. The van der Waals surface area contributed by atoms with E-state index in [4.69, 9.17) is 0 Å². The highest BCUT2D eigenvalue weighted by Gasteiger charge is 2.07. The average molecular weight is 359 g/mol. The summed E-state index contributed by atoms with van der Waals surface area (Å²) in [6.45, 7) is 17.5. The third-order valence-electron chi connectivity index (χ3n) is 5.63. The maximum Gasteiger partial charge on any atom is -0.0178 e. The fourth-order valence-electron chi connectivity index (χ4n) is 3.31. The van der Waals surface area contributed by atoms with Crippen molar-refractivity contribution in [3.8, 4) is 11.1 Å². The third-order valence-corrected chi connectivity index (χ3v) is 5.63. The molecule has 0 radical (unpaired) electrons. The predicted octanol–water partition coefficient (Wildman–Crippen LogP) is 7.76. The topological polar surface area (TPSA) is 0 Å². The second-order valence-corrected chi connectivity index (χ2v) is 7.82. The molecule has 0 spiro atoms. The van der Waals surface area contributed by atoms with Crippen LogP contribution in [0.4, 0.5) is 0 Å². The Kier molecular flexibility index (Phi) is 7.02. The van der Waals surface area contributed by atoms with Crippen LogP contribution in [0, 0.1) is 48.5 Å². The minimum absolute atomic E-state index is 1.10. The van der Waals surface area contributed by atoms with Gasteiger partial charge in [0.1, 0.15) is 0 Å². The molecule has 0 nitrogen and oxygen atoms in total. The summed E-state index contributed by atoms with van der Waals surface area (Å²) >= 11 is 0. The van der Waals surface area contributed by atoms with Crippen LogP contribution >= 0.6 is 0 Å². The highest BCUT2D eigenvalue weighted by molar-refractivity contribution is 5.68. The van der Waals surface area contributed by atoms with Gasteiger partial charge in [-0.2, -0.15) is 0 Å². The van der Waals surface area contributed by atoms with Gasteiger partial charge in [0, 0.05) is 0 Å². The Bertz CT molecular complexity index is 868. The first-order valence-corrected chi connectivity index (χ1v) is 9.94. The molecule has 0 fully saturated rings. The van der Waals surface area contributed by atoms with E-state index < -0.39 is 0 Å². The summed E-state index contributed by atoms with van der Waals surface area (Å²) in [5, 5.41) is 0. The fourth-order valence-corrected chi connectivity index (χ4v) is 3.31. The zero-order chi connectivity index (χ0) is 20.1. The van der Waals surface area contributed by atoms with Gasteiger partial charge in [0.2, 0.25) is 0 Å². The molecular weight excluding hydrogens is 324 g/mol. The standard InChI is InChI=1S/C19H24.C8H10/c1-7-17-11-19(10-14(4)16(17)6)18-8-12(2)15(5)13(3)9-18;1-7-3-5-8(2)6-4-7/h8-11H,7H2,1-6H3;3-6H,1-2H3. The molecule has 0 saturated carbocycles. The molecule has 0 heterocycles. The Hall–Kier alpha value is -2.34. The summed E-state index contributed by atoms with van der Waals surface area (Å²) in [7, 11) is 0. The number of benzene rings is 3. The van der Waals surface area contributed by atoms with E-state index >= 15 is 0 Å². The Morgan fingerprint density at radius 3 is 1.30 bits per heavy atom. The highest BCUT2D eigenvalue weighted by Crippen LogP contribution is 2.28. The Labute approximate surface area is 166 Å². The molecule has 0 bridgehead atoms. The van der Waals surface area contributed by atoms with Gasteiger partial charge in [-0.3, -0.25) is 0 Å². The van der Waals surface area contributed by atoms with Crippen molar-refractivity contribution in [1.82, 2.24) is 0 Å². The Morgan fingerprint density at radius 1 is 0.519 bits per heavy atom. The minimum Gasteiger partial charge on any atom is -0.0613 e. The lowest BCUT2D eigenvalue weighted by atomic mass is 9.92. The number of hydrogen-bond acceptors (Lipinski definition) is 0. The van der Waals surface area contributed by atoms with Gasteiger partial charge < -0.3 is 0 Å². The second kappa shape index (κ2) is 9.04. The van der Waals surface area contributed by atoms with Crippen LogP contribution in [-0.4, -0.2) is 0 Å². The van der Waals surface area contributed by atoms with Crippen molar-refractivity contribution >= 4 is 0 Å². The molecule has 0 aliphatic rings. The summed E-state index contributed by atoms with van der Waals surface area (Å²) in [6.07, 6.45) is 1.10. The van der Waals surface area contributed by atoms with Gasteiger partial charge in [0.15, 0.2) is 0 Å². The Morgan fingerprint density at radius 2 is 0.889 bits per heavy atom. The largest absolute Gasteiger partial charge is 0.0613 e. The number of hydrogen-bond donors (Lipinski definition) is 0. The molecule has 142 valence electrons. The van der Waals surface area contributed by atoms with Crippen molar-refractivity contribution in [2.75, 3.05) is 0 Å². The van der Waals surface area contributed by atoms with Crippen LogP contribution in [0.15, 0.2) is 48.5 Å². The maximum atomic E-state index is 2.35. The van der Waals surface area contributed by atoms with Gasteiger partial charge in [-0.1, -0.05) is 66.6 Å². The van der Waals surface area contributed by atoms with Crippen LogP contribution in [0.1, 0.15) is 51.4 Å². The van der Waals surface area contributed by atoms with Gasteiger partial charge in [-0.05, 0) is 99.4 Å². The van der Waals surface area contributed by atoms with Crippen molar-refractivity contribution in [3.63, 3.8) is 0 Å². The summed E-state index contributed by atoms with van der Waals surface area (Å²) in [5.74, 6) is 0. The predicted molar refractivity (Wildman–Crippen MR) is 121 cm³/mol. The van der Waals surface area contributed by atoms with Crippen LogP contribution in [-0.2, 0) is 6.42 Å². The zero-order valence-electron chi connectivity index (χ0n) is 18.3. The highest BCUT2D eigenvalue weighted by atomic mass is 14.1. The van der Waals surface area contributed by atoms with Gasteiger partial charge in [0.25, 0.3) is 0 Å². The average Bonchev–Trinajstić information content (AvgIpc) is 2.64. The molecule has 0 saturated heterocycles. The van der Waals surface area contributed by atoms with Gasteiger partial charge >= 0.3 is 0 Å². The van der Waals surface area contributed by atoms with Crippen molar-refractivity contribution < 1.29 is 0 Å². The molecule has 0 aliphatic carbocycles. The molecule has 0 N–H and O–H groups in total. The maximum absolute atomic E-state index is 2.35. The van der Waals surface area contributed by atoms with Crippen LogP contribution < -0.4 is 0 Å². The molecule has 0 heteroatoms. The molecule has 0 atom stereocenters. The molecule has 27 heavy (non-hydrogen) atoms. The van der Waals surface area contributed by atoms with Crippen LogP contribution in [0.3, 0.4) is 0 Å². The number of aryl methyl sites for hydroxylation is 6. The van der Waals surface area contributed by atoms with Gasteiger partial charge in [-0.25, -0.2) is 0 Å². The Balaban J connectivity index is 0.000000273.